The molecule has 0 heterocycles. The van der Waals surface area contributed by atoms with Gasteiger partial charge >= 0.3 is 5.97 Å². The fourth-order valence-corrected chi connectivity index (χ4v) is 2.17. The first-order valence-electron chi connectivity index (χ1n) is 5.53. The molecule has 0 aliphatic heterocycles. The summed E-state index contributed by atoms with van der Waals surface area (Å²) >= 11 is 1.83. The number of halogens is 2. The highest BCUT2D eigenvalue weighted by Crippen LogP contribution is 2.31. The fourth-order valence-electron chi connectivity index (χ4n) is 1.56. The van der Waals surface area contributed by atoms with Crippen LogP contribution in [0.2, 0.25) is 0 Å². The number of carbonyl (C=O) groups is 1. The minimum atomic E-state index is -1.33. The topological polar surface area (TPSA) is 89.7 Å². The lowest BCUT2D eigenvalue weighted by molar-refractivity contribution is -0.385. The van der Waals surface area contributed by atoms with E-state index in [1.54, 1.807) is 0 Å². The van der Waals surface area contributed by atoms with E-state index < -0.39 is 16.7 Å². The predicted octanol–water partition coefficient (Wildman–Crippen LogP) is 3.83. The lowest BCUT2D eigenvalue weighted by Gasteiger charge is -2.10. The summed E-state index contributed by atoms with van der Waals surface area (Å²) in [7, 11) is 0. The van der Waals surface area contributed by atoms with Crippen LogP contribution >= 0.6 is 22.6 Å². The van der Waals surface area contributed by atoms with E-state index in [9.17, 15) is 19.3 Å². The maximum Gasteiger partial charge on any atom is 0.339 e. The third kappa shape index (κ3) is 3.45. The number of benzene rings is 2. The molecule has 2 rings (SSSR count). The Hall–Kier alpha value is -2.23. The van der Waals surface area contributed by atoms with E-state index in [4.69, 9.17) is 9.84 Å². The molecule has 0 atom stereocenters. The van der Waals surface area contributed by atoms with E-state index in [2.05, 4.69) is 0 Å². The second kappa shape index (κ2) is 6.04. The zero-order valence-corrected chi connectivity index (χ0v) is 12.4. The zero-order valence-electron chi connectivity index (χ0n) is 10.2. The maximum atomic E-state index is 13.1. The second-order valence-corrected chi connectivity index (χ2v) is 5.08. The molecule has 0 saturated heterocycles. The standard InChI is InChI=1S/C13H7FINO5/c14-7-1-3-11(9(5-7)13(17)18)21-12-4-2-8(16(19)20)6-10(12)15/h1-6H,(H,17,18). The van der Waals surface area contributed by atoms with E-state index in [1.165, 1.54) is 24.3 Å². The molecule has 0 aliphatic rings. The van der Waals surface area contributed by atoms with Crippen molar-refractivity contribution in [2.24, 2.45) is 0 Å². The maximum absolute atomic E-state index is 13.1. The molecule has 0 fully saturated rings. The van der Waals surface area contributed by atoms with Crippen molar-refractivity contribution in [1.29, 1.82) is 0 Å². The van der Waals surface area contributed by atoms with E-state index in [0.717, 1.165) is 12.1 Å². The number of carboxylic acids is 1. The van der Waals surface area contributed by atoms with Crippen LogP contribution in [-0.4, -0.2) is 16.0 Å². The molecular formula is C13H7FINO5. The molecule has 2 aromatic carbocycles. The number of carboxylic acid groups (broad SMARTS) is 1. The van der Waals surface area contributed by atoms with Crippen LogP contribution in [0.4, 0.5) is 10.1 Å². The molecule has 0 radical (unpaired) electrons. The van der Waals surface area contributed by atoms with Gasteiger partial charge in [-0.25, -0.2) is 9.18 Å². The average Bonchev–Trinajstić information content (AvgIpc) is 2.42. The Morgan fingerprint density at radius 3 is 2.48 bits per heavy atom. The van der Waals surface area contributed by atoms with Crippen molar-refractivity contribution in [2.45, 2.75) is 0 Å². The normalized spacial score (nSPS) is 10.2. The number of ether oxygens (including phenoxy) is 1. The van der Waals surface area contributed by atoms with Crippen molar-refractivity contribution in [3.05, 3.63) is 61.5 Å². The minimum absolute atomic E-state index is 0.0457. The van der Waals surface area contributed by atoms with Gasteiger partial charge in [-0.1, -0.05) is 0 Å². The molecule has 0 unspecified atom stereocenters. The summed E-state index contributed by atoms with van der Waals surface area (Å²) in [5.74, 6) is -1.83. The molecule has 0 spiro atoms. The summed E-state index contributed by atoms with van der Waals surface area (Å²) in [5, 5.41) is 19.7. The smallest absolute Gasteiger partial charge is 0.339 e. The molecule has 0 aliphatic carbocycles. The summed E-state index contributed by atoms with van der Waals surface area (Å²) in [5.41, 5.74) is -0.437. The average molecular weight is 403 g/mol. The number of nitrogens with zero attached hydrogens (tertiary/aromatic N) is 1. The van der Waals surface area contributed by atoms with Crippen LogP contribution in [-0.2, 0) is 0 Å². The number of nitro groups is 1. The monoisotopic (exact) mass is 403 g/mol. The van der Waals surface area contributed by atoms with Crippen LogP contribution in [0, 0.1) is 19.5 Å². The highest BCUT2D eigenvalue weighted by Gasteiger charge is 2.16. The minimum Gasteiger partial charge on any atom is -0.478 e. The van der Waals surface area contributed by atoms with Gasteiger partial charge in [0.15, 0.2) is 0 Å². The molecule has 21 heavy (non-hydrogen) atoms. The first-order chi connectivity index (χ1) is 9.88. The van der Waals surface area contributed by atoms with Crippen LogP contribution in [0.15, 0.2) is 36.4 Å². The van der Waals surface area contributed by atoms with E-state index >= 15 is 0 Å². The van der Waals surface area contributed by atoms with Crippen molar-refractivity contribution in [3.8, 4) is 11.5 Å². The summed E-state index contributed by atoms with van der Waals surface area (Å²) in [6.07, 6.45) is 0. The summed E-state index contributed by atoms with van der Waals surface area (Å²) < 4.78 is 18.9. The number of non-ortho nitro benzene ring substituents is 1. The van der Waals surface area contributed by atoms with Gasteiger partial charge in [0.2, 0.25) is 0 Å². The fraction of sp³-hybridized carbons (Fsp3) is 0. The Morgan fingerprint density at radius 2 is 1.90 bits per heavy atom. The number of nitro benzene ring substituents is 1. The van der Waals surface area contributed by atoms with Gasteiger partial charge in [-0.05, 0) is 46.9 Å². The van der Waals surface area contributed by atoms with Crippen molar-refractivity contribution in [1.82, 2.24) is 0 Å². The van der Waals surface area contributed by atoms with Gasteiger partial charge in [-0.15, -0.1) is 0 Å². The highest BCUT2D eigenvalue weighted by atomic mass is 127. The molecule has 108 valence electrons. The molecule has 0 saturated carbocycles. The van der Waals surface area contributed by atoms with E-state index in [1.807, 2.05) is 22.6 Å². The molecule has 1 N–H and O–H groups in total. The lowest BCUT2D eigenvalue weighted by Crippen LogP contribution is -2.01. The van der Waals surface area contributed by atoms with Crippen LogP contribution < -0.4 is 4.74 Å². The molecule has 8 heteroatoms. The molecule has 0 bridgehead atoms. The van der Waals surface area contributed by atoms with Gasteiger partial charge in [0.1, 0.15) is 22.9 Å². The summed E-state index contributed by atoms with van der Waals surface area (Å²) in [6, 6.07) is 6.99. The van der Waals surface area contributed by atoms with Crippen LogP contribution in [0.25, 0.3) is 0 Å². The third-order valence-corrected chi connectivity index (χ3v) is 3.36. The zero-order chi connectivity index (χ0) is 15.6. The van der Waals surface area contributed by atoms with Gasteiger partial charge in [-0.2, -0.15) is 0 Å². The van der Waals surface area contributed by atoms with Crippen molar-refractivity contribution in [2.75, 3.05) is 0 Å². The van der Waals surface area contributed by atoms with Crippen molar-refractivity contribution in [3.63, 3.8) is 0 Å². The first-order valence-corrected chi connectivity index (χ1v) is 6.61. The van der Waals surface area contributed by atoms with E-state index in [-0.39, 0.29) is 22.7 Å². The van der Waals surface area contributed by atoms with Gasteiger partial charge in [0.05, 0.1) is 8.49 Å². The molecule has 2 aromatic rings. The molecule has 6 nitrogen and oxygen atoms in total. The van der Waals surface area contributed by atoms with Crippen LogP contribution in [0.1, 0.15) is 10.4 Å². The van der Waals surface area contributed by atoms with Gasteiger partial charge in [0.25, 0.3) is 5.69 Å². The number of hydrogen-bond acceptors (Lipinski definition) is 4. The van der Waals surface area contributed by atoms with Crippen LogP contribution in [0.5, 0.6) is 11.5 Å². The summed E-state index contributed by atoms with van der Waals surface area (Å²) in [4.78, 5) is 21.2. The quantitative estimate of drug-likeness (QED) is 0.476. The van der Waals surface area contributed by atoms with E-state index in [0.29, 0.717) is 3.57 Å². The van der Waals surface area contributed by atoms with Gasteiger partial charge < -0.3 is 9.84 Å². The largest absolute Gasteiger partial charge is 0.478 e. The molecule has 0 aromatic heterocycles. The Labute approximate surface area is 131 Å². The Kier molecular flexibility index (Phi) is 4.36. The van der Waals surface area contributed by atoms with Crippen LogP contribution in [0.3, 0.4) is 0 Å². The Morgan fingerprint density at radius 1 is 1.24 bits per heavy atom. The number of hydrogen-bond donors (Lipinski definition) is 1. The summed E-state index contributed by atoms with van der Waals surface area (Å²) in [6.45, 7) is 0. The van der Waals surface area contributed by atoms with Crippen molar-refractivity contribution >= 4 is 34.2 Å². The predicted molar refractivity (Wildman–Crippen MR) is 79.2 cm³/mol. The number of rotatable bonds is 4. The second-order valence-electron chi connectivity index (χ2n) is 3.92. The van der Waals surface area contributed by atoms with Gasteiger partial charge in [-0.3, -0.25) is 10.1 Å². The van der Waals surface area contributed by atoms with Crippen molar-refractivity contribution < 1.29 is 24.0 Å². The Balaban J connectivity index is 2.39. The Bertz CT molecular complexity index is 734. The number of aromatic carboxylic acids is 1. The molecular weight excluding hydrogens is 396 g/mol. The SMILES string of the molecule is O=C(O)c1cc(F)ccc1Oc1ccc([N+](=O)[O-])cc1I. The lowest BCUT2D eigenvalue weighted by atomic mass is 10.2. The highest BCUT2D eigenvalue weighted by molar-refractivity contribution is 14.1. The molecule has 0 amide bonds. The first kappa shape index (κ1) is 15.2. The third-order valence-electron chi connectivity index (χ3n) is 2.52. The van der Waals surface area contributed by atoms with Gasteiger partial charge in [0, 0.05) is 12.1 Å².